The first-order valence-electron chi connectivity index (χ1n) is 7.76. The monoisotopic (exact) mass is 320 g/mol. The molecule has 1 aliphatic heterocycles. The lowest BCUT2D eigenvalue weighted by atomic mass is 9.97. The zero-order valence-electron chi connectivity index (χ0n) is 13.1. The highest BCUT2D eigenvalue weighted by Crippen LogP contribution is 2.37. The summed E-state index contributed by atoms with van der Waals surface area (Å²) in [5.74, 6) is -0.813. The average Bonchev–Trinajstić information content (AvgIpc) is 3.06. The Balaban J connectivity index is 1.76. The Morgan fingerprint density at radius 1 is 1.04 bits per heavy atom. The van der Waals surface area contributed by atoms with Crippen LogP contribution in [0.25, 0.3) is 10.9 Å². The second kappa shape index (κ2) is 5.23. The molecule has 1 atom stereocenters. The van der Waals surface area contributed by atoms with Crippen LogP contribution in [-0.2, 0) is 16.6 Å². The molecular weight excluding hydrogens is 304 g/mol. The molecule has 0 radical (unpaired) electrons. The van der Waals surface area contributed by atoms with Gasteiger partial charge in [0, 0.05) is 30.6 Å². The molecule has 1 unspecified atom stereocenters. The molecule has 5 nitrogen and oxygen atoms in total. The van der Waals surface area contributed by atoms with Crippen molar-refractivity contribution in [3.8, 4) is 5.75 Å². The van der Waals surface area contributed by atoms with Gasteiger partial charge in [-0.2, -0.15) is 0 Å². The Labute approximate surface area is 138 Å². The first kappa shape index (κ1) is 14.5. The number of aromatic nitrogens is 1. The zero-order chi connectivity index (χ0) is 16.8. The van der Waals surface area contributed by atoms with Crippen molar-refractivity contribution in [3.05, 3.63) is 60.3 Å². The summed E-state index contributed by atoms with van der Waals surface area (Å²) >= 11 is 0. The standard InChI is InChI=1S/C19H16N2O3/c1-20-11-16(14-4-2-3-5-17(14)20)15-10-18(23)21(19(15)24)12-6-8-13(22)9-7-12/h2-9,11,15,22H,10H2,1H3. The maximum Gasteiger partial charge on any atom is 0.241 e. The Morgan fingerprint density at radius 3 is 2.50 bits per heavy atom. The molecule has 3 aromatic rings. The molecular formula is C19H16N2O3. The van der Waals surface area contributed by atoms with Crippen LogP contribution in [0.3, 0.4) is 0 Å². The largest absolute Gasteiger partial charge is 0.508 e. The van der Waals surface area contributed by atoms with Gasteiger partial charge in [-0.05, 0) is 35.9 Å². The lowest BCUT2D eigenvalue weighted by molar-refractivity contribution is -0.121. The van der Waals surface area contributed by atoms with Crippen molar-refractivity contribution in [2.45, 2.75) is 12.3 Å². The number of nitrogens with zero attached hydrogens (tertiary/aromatic N) is 2. The molecule has 1 fully saturated rings. The minimum Gasteiger partial charge on any atom is -0.508 e. The number of para-hydroxylation sites is 1. The number of anilines is 1. The molecule has 1 N–H and O–H groups in total. The second-order valence-electron chi connectivity index (χ2n) is 6.05. The predicted molar refractivity (Wildman–Crippen MR) is 90.9 cm³/mol. The van der Waals surface area contributed by atoms with E-state index in [1.807, 2.05) is 42.1 Å². The van der Waals surface area contributed by atoms with Crippen LogP contribution >= 0.6 is 0 Å². The van der Waals surface area contributed by atoms with Crippen molar-refractivity contribution in [1.29, 1.82) is 0 Å². The van der Waals surface area contributed by atoms with Crippen molar-refractivity contribution in [3.63, 3.8) is 0 Å². The number of rotatable bonds is 2. The molecule has 4 rings (SSSR count). The van der Waals surface area contributed by atoms with Crippen molar-refractivity contribution >= 4 is 28.4 Å². The van der Waals surface area contributed by atoms with E-state index in [2.05, 4.69) is 0 Å². The van der Waals surface area contributed by atoms with Crippen LogP contribution in [0.5, 0.6) is 5.75 Å². The fourth-order valence-corrected chi connectivity index (χ4v) is 3.40. The number of aromatic hydroxyl groups is 1. The predicted octanol–water partition coefficient (Wildman–Crippen LogP) is 2.93. The van der Waals surface area contributed by atoms with E-state index in [4.69, 9.17) is 0 Å². The summed E-state index contributed by atoms with van der Waals surface area (Å²) in [4.78, 5) is 26.5. The highest BCUT2D eigenvalue weighted by molar-refractivity contribution is 6.23. The van der Waals surface area contributed by atoms with E-state index in [1.165, 1.54) is 17.0 Å². The quantitative estimate of drug-likeness (QED) is 0.739. The fourth-order valence-electron chi connectivity index (χ4n) is 3.40. The normalized spacial score (nSPS) is 17.9. The van der Waals surface area contributed by atoms with Crippen LogP contribution in [0.1, 0.15) is 17.9 Å². The number of fused-ring (bicyclic) bond motifs is 1. The molecule has 0 spiro atoms. The summed E-state index contributed by atoms with van der Waals surface area (Å²) < 4.78 is 1.98. The van der Waals surface area contributed by atoms with Gasteiger partial charge in [0.1, 0.15) is 5.75 Å². The van der Waals surface area contributed by atoms with Gasteiger partial charge < -0.3 is 9.67 Å². The zero-order valence-corrected chi connectivity index (χ0v) is 13.1. The van der Waals surface area contributed by atoms with E-state index in [0.717, 1.165) is 16.5 Å². The van der Waals surface area contributed by atoms with E-state index in [0.29, 0.717) is 5.69 Å². The van der Waals surface area contributed by atoms with Gasteiger partial charge in [0.15, 0.2) is 0 Å². The third kappa shape index (κ3) is 2.09. The van der Waals surface area contributed by atoms with Crippen LogP contribution in [-0.4, -0.2) is 21.5 Å². The Kier molecular flexibility index (Phi) is 3.16. The third-order valence-corrected chi connectivity index (χ3v) is 4.56. The van der Waals surface area contributed by atoms with Crippen molar-refractivity contribution in [2.24, 2.45) is 7.05 Å². The summed E-state index contributed by atoms with van der Waals surface area (Å²) in [7, 11) is 1.94. The molecule has 2 aromatic carbocycles. The lowest BCUT2D eigenvalue weighted by Gasteiger charge is -2.15. The highest BCUT2D eigenvalue weighted by atomic mass is 16.3. The minimum atomic E-state index is -0.475. The molecule has 1 saturated heterocycles. The maximum atomic E-state index is 12.9. The summed E-state index contributed by atoms with van der Waals surface area (Å²) in [5.41, 5.74) is 2.41. The molecule has 2 heterocycles. The molecule has 0 aliphatic carbocycles. The molecule has 1 aromatic heterocycles. The Bertz CT molecular complexity index is 956. The highest BCUT2D eigenvalue weighted by Gasteiger charge is 2.41. The summed E-state index contributed by atoms with van der Waals surface area (Å²) in [6.07, 6.45) is 2.09. The molecule has 0 bridgehead atoms. The van der Waals surface area contributed by atoms with Crippen LogP contribution in [0.15, 0.2) is 54.7 Å². The average molecular weight is 320 g/mol. The number of phenolic OH excluding ortho intramolecular Hbond substituents is 1. The number of amides is 2. The van der Waals surface area contributed by atoms with Crippen molar-refractivity contribution < 1.29 is 14.7 Å². The number of phenols is 1. The van der Waals surface area contributed by atoms with Crippen LogP contribution in [0.4, 0.5) is 5.69 Å². The molecule has 0 saturated carbocycles. The molecule has 5 heteroatoms. The van der Waals surface area contributed by atoms with Gasteiger partial charge in [0.05, 0.1) is 11.6 Å². The number of aryl methyl sites for hydroxylation is 1. The first-order chi connectivity index (χ1) is 11.6. The van der Waals surface area contributed by atoms with E-state index < -0.39 is 5.92 Å². The van der Waals surface area contributed by atoms with Gasteiger partial charge in [-0.1, -0.05) is 18.2 Å². The van der Waals surface area contributed by atoms with Gasteiger partial charge in [0.2, 0.25) is 11.8 Å². The molecule has 24 heavy (non-hydrogen) atoms. The minimum absolute atomic E-state index is 0.100. The van der Waals surface area contributed by atoms with Gasteiger partial charge in [0.25, 0.3) is 0 Å². The number of carbonyl (C=O) groups is 2. The fraction of sp³-hybridized carbons (Fsp3) is 0.158. The topological polar surface area (TPSA) is 62.5 Å². The summed E-state index contributed by atoms with van der Waals surface area (Å²) in [6.45, 7) is 0. The molecule has 2 amide bonds. The second-order valence-corrected chi connectivity index (χ2v) is 6.05. The smallest absolute Gasteiger partial charge is 0.241 e. The number of hydrogen-bond acceptors (Lipinski definition) is 3. The number of hydrogen-bond donors (Lipinski definition) is 1. The van der Waals surface area contributed by atoms with Crippen molar-refractivity contribution in [1.82, 2.24) is 4.57 Å². The van der Waals surface area contributed by atoms with Crippen LogP contribution < -0.4 is 4.90 Å². The summed E-state index contributed by atoms with van der Waals surface area (Å²) in [6, 6.07) is 14.0. The van der Waals surface area contributed by atoms with Gasteiger partial charge in [-0.3, -0.25) is 14.5 Å². The SMILES string of the molecule is Cn1cc(C2CC(=O)N(c3ccc(O)cc3)C2=O)c2ccccc21. The Morgan fingerprint density at radius 2 is 1.75 bits per heavy atom. The van der Waals surface area contributed by atoms with Crippen molar-refractivity contribution in [2.75, 3.05) is 4.90 Å². The van der Waals surface area contributed by atoms with Gasteiger partial charge in [-0.25, -0.2) is 0 Å². The van der Waals surface area contributed by atoms with Crippen LogP contribution in [0, 0.1) is 0 Å². The van der Waals surface area contributed by atoms with E-state index in [9.17, 15) is 14.7 Å². The van der Waals surface area contributed by atoms with Crippen LogP contribution in [0.2, 0.25) is 0 Å². The van der Waals surface area contributed by atoms with E-state index in [-0.39, 0.29) is 24.0 Å². The summed E-state index contributed by atoms with van der Waals surface area (Å²) in [5, 5.41) is 10.4. The number of benzene rings is 2. The molecule has 1 aliphatic rings. The van der Waals surface area contributed by atoms with E-state index >= 15 is 0 Å². The Hall–Kier alpha value is -3.08. The third-order valence-electron chi connectivity index (χ3n) is 4.56. The number of imide groups is 1. The van der Waals surface area contributed by atoms with Gasteiger partial charge in [-0.15, -0.1) is 0 Å². The first-order valence-corrected chi connectivity index (χ1v) is 7.76. The lowest BCUT2D eigenvalue weighted by Crippen LogP contribution is -2.29. The maximum absolute atomic E-state index is 12.9. The number of carbonyl (C=O) groups excluding carboxylic acids is 2. The molecule has 120 valence electrons. The van der Waals surface area contributed by atoms with E-state index in [1.54, 1.807) is 12.1 Å². The van der Waals surface area contributed by atoms with Gasteiger partial charge >= 0.3 is 0 Å².